The van der Waals surface area contributed by atoms with Crippen molar-refractivity contribution in [3.05, 3.63) is 41.5 Å². The van der Waals surface area contributed by atoms with Crippen LogP contribution in [0.3, 0.4) is 0 Å². The molecular weight excluding hydrogens is 515 g/mol. The molecule has 0 atom stereocenters. The quantitative estimate of drug-likeness (QED) is 0.372. The lowest BCUT2D eigenvalue weighted by molar-refractivity contribution is 0.0566. The van der Waals surface area contributed by atoms with E-state index in [4.69, 9.17) is 14.2 Å². The van der Waals surface area contributed by atoms with Gasteiger partial charge in [0.05, 0.1) is 6.54 Å². The third-order valence-corrected chi connectivity index (χ3v) is 7.26. The molecule has 1 fully saturated rings. The molecule has 2 aromatic heterocycles. The number of halogens is 1. The second kappa shape index (κ2) is 10.9. The number of pyridine rings is 2. The first-order chi connectivity index (χ1) is 19.0. The zero-order valence-electron chi connectivity index (χ0n) is 23.6. The molecule has 0 unspecified atom stereocenters. The summed E-state index contributed by atoms with van der Waals surface area (Å²) in [7, 11) is 0. The first-order valence-corrected chi connectivity index (χ1v) is 13.7. The molecule has 1 N–H and O–H groups in total. The molecule has 5 rings (SSSR count). The summed E-state index contributed by atoms with van der Waals surface area (Å²) in [6.07, 6.45) is 6.96. The maximum atomic E-state index is 15.8. The van der Waals surface area contributed by atoms with Crippen LogP contribution >= 0.6 is 0 Å². The van der Waals surface area contributed by atoms with E-state index in [1.54, 1.807) is 52.2 Å². The predicted octanol–water partition coefficient (Wildman–Crippen LogP) is 7.07. The second-order valence-corrected chi connectivity index (χ2v) is 11.4. The fraction of sp³-hybridized carbons (Fsp3) is 0.467. The number of amides is 2. The van der Waals surface area contributed by atoms with Crippen molar-refractivity contribution in [3.63, 3.8) is 0 Å². The summed E-state index contributed by atoms with van der Waals surface area (Å²) >= 11 is 0. The Labute approximate surface area is 233 Å². The summed E-state index contributed by atoms with van der Waals surface area (Å²) in [5, 5.41) is 4.02. The van der Waals surface area contributed by atoms with Crippen molar-refractivity contribution in [1.82, 2.24) is 9.97 Å². The molecule has 1 aromatic carbocycles. The number of ether oxygens (including phenoxy) is 3. The Morgan fingerprint density at radius 2 is 1.80 bits per heavy atom. The molecule has 0 bridgehead atoms. The van der Waals surface area contributed by atoms with E-state index in [2.05, 4.69) is 15.3 Å². The van der Waals surface area contributed by atoms with Gasteiger partial charge in [-0.15, -0.1) is 0 Å². The van der Waals surface area contributed by atoms with Gasteiger partial charge >= 0.3 is 12.2 Å². The van der Waals surface area contributed by atoms with Crippen LogP contribution < -0.4 is 15.0 Å². The number of nitrogens with one attached hydrogen (secondary N) is 1. The molecule has 0 spiro atoms. The lowest BCUT2D eigenvalue weighted by Crippen LogP contribution is -2.42. The fourth-order valence-electron chi connectivity index (χ4n) is 5.28. The Morgan fingerprint density at radius 1 is 1.05 bits per heavy atom. The SMILES string of the molecule is Cc1c(-c2cc3cc(NC(=O)OC4CCCCC4)ncc3c(C)c2F)cnc2c1N(C(=O)OC(C)(C)C)CCO2. The highest BCUT2D eigenvalue weighted by molar-refractivity contribution is 5.96. The van der Waals surface area contributed by atoms with Gasteiger partial charge in [-0.05, 0) is 88.9 Å². The molecular formula is C30H35FN4O5. The second-order valence-electron chi connectivity index (χ2n) is 11.4. The molecule has 2 aliphatic rings. The van der Waals surface area contributed by atoms with Gasteiger partial charge in [0.1, 0.15) is 35.6 Å². The molecule has 1 aliphatic heterocycles. The number of fused-ring (bicyclic) bond motifs is 2. The van der Waals surface area contributed by atoms with Crippen LogP contribution in [0.1, 0.15) is 64.0 Å². The normalized spacial score (nSPS) is 15.8. The van der Waals surface area contributed by atoms with E-state index in [1.165, 1.54) is 4.90 Å². The van der Waals surface area contributed by atoms with Gasteiger partial charge in [0.2, 0.25) is 5.88 Å². The molecule has 3 aromatic rings. The standard InChI is InChI=1S/C30H35FN4O5/c1-17-22-15-32-24(34-28(36)39-20-9-7-6-8-10-20)14-19(22)13-21(25(17)31)23-16-33-27-26(18(23)2)35(11-12-38-27)29(37)40-30(3,4)5/h13-16,20H,6-12H2,1-5H3,(H,32,34,36). The van der Waals surface area contributed by atoms with Gasteiger partial charge in [0.25, 0.3) is 0 Å². The smallest absolute Gasteiger partial charge is 0.415 e. The van der Waals surface area contributed by atoms with Crippen molar-refractivity contribution in [2.24, 2.45) is 0 Å². The van der Waals surface area contributed by atoms with Crippen molar-refractivity contribution in [2.45, 2.75) is 78.4 Å². The van der Waals surface area contributed by atoms with Crippen LogP contribution in [0.4, 0.5) is 25.5 Å². The molecule has 1 saturated carbocycles. The summed E-state index contributed by atoms with van der Waals surface area (Å²) in [5.41, 5.74) is 1.65. The largest absolute Gasteiger partial charge is 0.474 e. The summed E-state index contributed by atoms with van der Waals surface area (Å²) in [6.45, 7) is 9.45. The summed E-state index contributed by atoms with van der Waals surface area (Å²) in [6, 6.07) is 3.40. The van der Waals surface area contributed by atoms with E-state index in [0.29, 0.717) is 50.4 Å². The van der Waals surface area contributed by atoms with E-state index < -0.39 is 23.6 Å². The molecule has 2 amide bonds. The molecule has 0 radical (unpaired) electrons. The molecule has 3 heterocycles. The minimum Gasteiger partial charge on any atom is -0.474 e. The van der Waals surface area contributed by atoms with Crippen LogP contribution in [-0.2, 0) is 9.47 Å². The number of anilines is 2. The van der Waals surface area contributed by atoms with Gasteiger partial charge in [0, 0.05) is 28.9 Å². The molecule has 40 heavy (non-hydrogen) atoms. The van der Waals surface area contributed by atoms with Crippen LogP contribution in [0, 0.1) is 19.7 Å². The van der Waals surface area contributed by atoms with E-state index >= 15 is 4.39 Å². The Balaban J connectivity index is 1.49. The highest BCUT2D eigenvalue weighted by Crippen LogP contribution is 2.41. The van der Waals surface area contributed by atoms with E-state index in [-0.39, 0.29) is 19.3 Å². The number of rotatable bonds is 3. The average Bonchev–Trinajstić information content (AvgIpc) is 2.90. The zero-order valence-corrected chi connectivity index (χ0v) is 23.6. The Bertz CT molecular complexity index is 1460. The van der Waals surface area contributed by atoms with Gasteiger partial charge in [0.15, 0.2) is 0 Å². The number of nitrogens with zero attached hydrogens (tertiary/aromatic N) is 3. The topological polar surface area (TPSA) is 103 Å². The van der Waals surface area contributed by atoms with Crippen molar-refractivity contribution in [2.75, 3.05) is 23.4 Å². The molecule has 0 saturated heterocycles. The Morgan fingerprint density at radius 3 is 2.52 bits per heavy atom. The predicted molar refractivity (Wildman–Crippen MR) is 150 cm³/mol. The first-order valence-electron chi connectivity index (χ1n) is 13.7. The highest BCUT2D eigenvalue weighted by Gasteiger charge is 2.32. The Hall–Kier alpha value is -3.95. The van der Waals surface area contributed by atoms with Crippen LogP contribution in [-0.4, -0.2) is 47.0 Å². The van der Waals surface area contributed by atoms with Gasteiger partial charge in [-0.25, -0.2) is 23.9 Å². The molecule has 1 aliphatic carbocycles. The number of hydrogen-bond donors (Lipinski definition) is 1. The van der Waals surface area contributed by atoms with Crippen LogP contribution in [0.15, 0.2) is 24.5 Å². The van der Waals surface area contributed by atoms with Gasteiger partial charge in [-0.1, -0.05) is 6.42 Å². The average molecular weight is 551 g/mol. The van der Waals surface area contributed by atoms with Crippen molar-refractivity contribution in [1.29, 1.82) is 0 Å². The number of carbonyl (C=O) groups excluding carboxylic acids is 2. The van der Waals surface area contributed by atoms with Crippen molar-refractivity contribution >= 4 is 34.5 Å². The van der Waals surface area contributed by atoms with Crippen molar-refractivity contribution in [3.8, 4) is 17.0 Å². The fourth-order valence-corrected chi connectivity index (χ4v) is 5.28. The Kier molecular flexibility index (Phi) is 7.53. The lowest BCUT2D eigenvalue weighted by atomic mass is 9.95. The summed E-state index contributed by atoms with van der Waals surface area (Å²) in [4.78, 5) is 35.7. The molecule has 212 valence electrons. The number of hydrogen-bond acceptors (Lipinski definition) is 7. The van der Waals surface area contributed by atoms with Crippen LogP contribution in [0.25, 0.3) is 21.9 Å². The van der Waals surface area contributed by atoms with Crippen molar-refractivity contribution < 1.29 is 28.2 Å². The number of aryl methyl sites for hydroxylation is 1. The number of carbonyl (C=O) groups is 2. The van der Waals surface area contributed by atoms with E-state index in [1.807, 2.05) is 6.92 Å². The highest BCUT2D eigenvalue weighted by atomic mass is 19.1. The third kappa shape index (κ3) is 5.66. The molecule has 10 heteroatoms. The lowest BCUT2D eigenvalue weighted by Gasteiger charge is -2.32. The van der Waals surface area contributed by atoms with Gasteiger partial charge in [-0.3, -0.25) is 10.2 Å². The minimum absolute atomic E-state index is 0.0825. The van der Waals surface area contributed by atoms with Gasteiger partial charge in [-0.2, -0.15) is 0 Å². The van der Waals surface area contributed by atoms with Gasteiger partial charge < -0.3 is 14.2 Å². The third-order valence-electron chi connectivity index (χ3n) is 7.26. The molecule has 9 nitrogen and oxygen atoms in total. The summed E-state index contributed by atoms with van der Waals surface area (Å²) < 4.78 is 32.7. The number of aromatic nitrogens is 2. The van der Waals surface area contributed by atoms with Crippen LogP contribution in [0.5, 0.6) is 5.88 Å². The van der Waals surface area contributed by atoms with E-state index in [0.717, 1.165) is 32.1 Å². The monoisotopic (exact) mass is 550 g/mol. The summed E-state index contributed by atoms with van der Waals surface area (Å²) in [5.74, 6) is 0.190. The van der Waals surface area contributed by atoms with Crippen LogP contribution in [0.2, 0.25) is 0 Å². The maximum absolute atomic E-state index is 15.8. The first kappa shape index (κ1) is 27.6. The minimum atomic E-state index is -0.682. The zero-order chi connectivity index (χ0) is 28.6. The number of benzene rings is 1. The maximum Gasteiger partial charge on any atom is 0.415 e. The van der Waals surface area contributed by atoms with E-state index in [9.17, 15) is 9.59 Å².